The minimum atomic E-state index is 0. The van der Waals surface area contributed by atoms with Crippen molar-refractivity contribution in [2.45, 2.75) is 6.92 Å². The topological polar surface area (TPSA) is 18.5 Å². The van der Waals surface area contributed by atoms with Crippen LogP contribution in [-0.4, -0.2) is 14.2 Å². The van der Waals surface area contributed by atoms with Crippen molar-refractivity contribution in [1.29, 1.82) is 0 Å². The van der Waals surface area contributed by atoms with Gasteiger partial charge in [-0.25, -0.2) is 0 Å². The molecule has 0 saturated heterocycles. The van der Waals surface area contributed by atoms with E-state index in [0.29, 0.717) is 11.5 Å². The van der Waals surface area contributed by atoms with Crippen LogP contribution in [0.4, 0.5) is 0 Å². The molecule has 112 valence electrons. The normalized spacial score (nSPS) is 9.33. The van der Waals surface area contributed by atoms with Crippen molar-refractivity contribution in [3.63, 3.8) is 0 Å². The van der Waals surface area contributed by atoms with Crippen LogP contribution in [-0.2, 0) is 17.1 Å². The summed E-state index contributed by atoms with van der Waals surface area (Å²) in [6.45, 7) is 5.00. The van der Waals surface area contributed by atoms with E-state index in [0.717, 1.165) is 11.1 Å². The summed E-state index contributed by atoms with van der Waals surface area (Å²) in [5.41, 5.74) is 2.18. The summed E-state index contributed by atoms with van der Waals surface area (Å²) in [5, 5.41) is 0. The van der Waals surface area contributed by atoms with Crippen LogP contribution in [0.5, 0.6) is 11.5 Å². The molecular weight excluding hydrogens is 304 g/mol. The fraction of sp³-hybridized carbons (Fsp3) is 0.167. The van der Waals surface area contributed by atoms with E-state index in [1.54, 1.807) is 21.1 Å². The van der Waals surface area contributed by atoms with Crippen LogP contribution in [0, 0.1) is 13.0 Å². The predicted octanol–water partition coefficient (Wildman–Crippen LogP) is 4.51. The average Bonchev–Trinajstić information content (AvgIpc) is 2.55. The fourth-order valence-electron chi connectivity index (χ4n) is 1.61. The molecule has 0 spiro atoms. The molecule has 0 amide bonds. The molecule has 0 aliphatic carbocycles. The summed E-state index contributed by atoms with van der Waals surface area (Å²) in [6.07, 6.45) is 4.07. The first-order valence-corrected chi connectivity index (χ1v) is 6.41. The smallest absolute Gasteiger partial charge is 0.522 e. The number of hydrogen-bond acceptors (Lipinski definition) is 2. The molecule has 2 aromatic carbocycles. The Labute approximate surface area is 138 Å². The maximum absolute atomic E-state index is 5.18. The van der Waals surface area contributed by atoms with E-state index in [1.807, 2.05) is 42.5 Å². The number of ether oxygens (including phenoxy) is 2. The summed E-state index contributed by atoms with van der Waals surface area (Å²) in [6, 6.07) is 17.0. The third kappa shape index (κ3) is 6.52. The molecule has 0 saturated carbocycles. The average molecular weight is 324 g/mol. The van der Waals surface area contributed by atoms with Crippen LogP contribution in [0.2, 0.25) is 0 Å². The van der Waals surface area contributed by atoms with E-state index in [1.165, 1.54) is 0 Å². The summed E-state index contributed by atoms with van der Waals surface area (Å²) >= 11 is 0. The number of hydrogen-bond donors (Lipinski definition) is 0. The quantitative estimate of drug-likeness (QED) is 0.468. The van der Waals surface area contributed by atoms with Crippen molar-refractivity contribution < 1.29 is 26.5 Å². The Hall–Kier alpha value is -1.70. The van der Waals surface area contributed by atoms with Gasteiger partial charge < -0.3 is 16.4 Å². The molecule has 2 nitrogen and oxygen atoms in total. The first kappa shape index (κ1) is 19.3. The van der Waals surface area contributed by atoms with Crippen LogP contribution in [0.1, 0.15) is 18.1 Å². The maximum atomic E-state index is 5.18. The second-order valence-electron chi connectivity index (χ2n) is 3.79. The third-order valence-electron chi connectivity index (χ3n) is 2.55. The van der Waals surface area contributed by atoms with Crippen LogP contribution in [0.15, 0.2) is 42.5 Å². The summed E-state index contributed by atoms with van der Waals surface area (Å²) < 4.78 is 10.4. The van der Waals surface area contributed by atoms with Gasteiger partial charge >= 0.3 is 17.1 Å². The standard InChI is InChI=1S/C16H15O2.C2H5.Fe/c1-17-15-10-14(11-16(12-15)18-2)9-8-13-6-4-3-5-7-13;1-2;/h3-11H,1-2H3;1H2,2H3;/q2*-1;+2. The van der Waals surface area contributed by atoms with Gasteiger partial charge in [0, 0.05) is 11.5 Å². The van der Waals surface area contributed by atoms with E-state index in [2.05, 4.69) is 25.1 Å². The Balaban J connectivity index is 0.00000128. The first-order chi connectivity index (χ1) is 9.81. The van der Waals surface area contributed by atoms with Crippen molar-refractivity contribution in [3.8, 4) is 11.5 Å². The molecule has 0 aliphatic heterocycles. The molecule has 2 aromatic rings. The molecule has 21 heavy (non-hydrogen) atoms. The second kappa shape index (κ2) is 11.0. The first-order valence-electron chi connectivity index (χ1n) is 6.41. The van der Waals surface area contributed by atoms with Gasteiger partial charge in [-0.3, -0.25) is 0 Å². The van der Waals surface area contributed by atoms with Gasteiger partial charge in [0.25, 0.3) is 0 Å². The Morgan fingerprint density at radius 2 is 1.33 bits per heavy atom. The van der Waals surface area contributed by atoms with Gasteiger partial charge in [-0.1, -0.05) is 48.6 Å². The molecule has 0 heterocycles. The van der Waals surface area contributed by atoms with E-state index in [9.17, 15) is 0 Å². The molecule has 3 heteroatoms. The molecule has 0 N–H and O–H groups in total. The van der Waals surface area contributed by atoms with Crippen molar-refractivity contribution >= 4 is 12.2 Å². The Morgan fingerprint density at radius 1 is 0.857 bits per heavy atom. The van der Waals surface area contributed by atoms with Crippen LogP contribution >= 0.6 is 0 Å². The zero-order chi connectivity index (χ0) is 14.8. The van der Waals surface area contributed by atoms with Gasteiger partial charge in [-0.2, -0.15) is 6.92 Å². The van der Waals surface area contributed by atoms with Gasteiger partial charge in [0.15, 0.2) is 0 Å². The largest absolute Gasteiger partial charge is 2.00 e. The fourth-order valence-corrected chi connectivity index (χ4v) is 1.61. The van der Waals surface area contributed by atoms with Gasteiger partial charge in [-0.15, -0.1) is 17.7 Å². The molecule has 0 fully saturated rings. The number of benzene rings is 2. The molecule has 0 unspecified atom stereocenters. The third-order valence-corrected chi connectivity index (χ3v) is 2.55. The van der Waals surface area contributed by atoms with Crippen LogP contribution in [0.25, 0.3) is 12.2 Å². The van der Waals surface area contributed by atoms with Crippen molar-refractivity contribution in [2.24, 2.45) is 0 Å². The van der Waals surface area contributed by atoms with Crippen molar-refractivity contribution in [2.75, 3.05) is 14.2 Å². The van der Waals surface area contributed by atoms with Crippen LogP contribution < -0.4 is 9.47 Å². The Morgan fingerprint density at radius 3 is 1.81 bits per heavy atom. The molecule has 2 rings (SSSR count). The van der Waals surface area contributed by atoms with E-state index in [4.69, 9.17) is 9.47 Å². The zero-order valence-electron chi connectivity index (χ0n) is 12.6. The maximum Gasteiger partial charge on any atom is 2.00 e. The monoisotopic (exact) mass is 324 g/mol. The van der Waals surface area contributed by atoms with E-state index < -0.39 is 0 Å². The molecule has 0 radical (unpaired) electrons. The zero-order valence-corrected chi connectivity index (χ0v) is 13.7. The van der Waals surface area contributed by atoms with Gasteiger partial charge in [0.05, 0.1) is 14.2 Å². The minimum Gasteiger partial charge on any atom is -0.522 e. The SMILES string of the molecule is COc1[c-]c(OC)cc(C=Cc2ccccc2)c1.[CH2-]C.[Fe+2]. The summed E-state index contributed by atoms with van der Waals surface area (Å²) in [4.78, 5) is 0. The number of rotatable bonds is 4. The summed E-state index contributed by atoms with van der Waals surface area (Å²) in [7, 11) is 3.24. The van der Waals surface area contributed by atoms with Crippen molar-refractivity contribution in [3.05, 3.63) is 66.6 Å². The Kier molecular flexibility index (Phi) is 10.1. The number of methoxy groups -OCH3 is 2. The molecule has 0 atom stereocenters. The van der Waals surface area contributed by atoms with Gasteiger partial charge in [0.2, 0.25) is 0 Å². The van der Waals surface area contributed by atoms with Crippen molar-refractivity contribution in [1.82, 2.24) is 0 Å². The molecule has 0 bridgehead atoms. The summed E-state index contributed by atoms with van der Waals surface area (Å²) in [5.74, 6) is 1.34. The second-order valence-corrected chi connectivity index (χ2v) is 3.79. The van der Waals surface area contributed by atoms with Gasteiger partial charge in [0.1, 0.15) is 0 Å². The molecular formula is C18H20FeO2. The van der Waals surface area contributed by atoms with Gasteiger partial charge in [-0.05, 0) is 5.56 Å². The predicted molar refractivity (Wildman–Crippen MR) is 84.8 cm³/mol. The minimum absolute atomic E-state index is 0. The molecule has 0 aliphatic rings. The Bertz CT molecular complexity index is 514. The van der Waals surface area contributed by atoms with Crippen LogP contribution in [0.3, 0.4) is 0 Å². The molecule has 0 aromatic heterocycles. The van der Waals surface area contributed by atoms with E-state index in [-0.39, 0.29) is 17.1 Å². The van der Waals surface area contributed by atoms with E-state index >= 15 is 0 Å².